The number of nitrogens with two attached hydrogens (primary N) is 1. The molecule has 1 aromatic rings. The number of rotatable bonds is 1. The zero-order valence-corrected chi connectivity index (χ0v) is 10.7. The smallest absolute Gasteiger partial charge is 0.0992 e. The molecule has 4 nitrogen and oxygen atoms in total. The molecule has 0 aliphatic carbocycles. The van der Waals surface area contributed by atoms with Crippen molar-refractivity contribution in [3.63, 3.8) is 0 Å². The Hall–Kier alpha value is -1.73. The van der Waals surface area contributed by atoms with Crippen LogP contribution in [0.2, 0.25) is 0 Å². The first-order valence-electron chi connectivity index (χ1n) is 6.29. The van der Waals surface area contributed by atoms with Gasteiger partial charge in [0.15, 0.2) is 0 Å². The second kappa shape index (κ2) is 4.87. The van der Waals surface area contributed by atoms with E-state index in [1.54, 1.807) is 12.1 Å². The number of anilines is 2. The third-order valence-corrected chi connectivity index (χ3v) is 3.56. The molecule has 0 aromatic heterocycles. The molecule has 1 fully saturated rings. The van der Waals surface area contributed by atoms with E-state index >= 15 is 0 Å². The highest BCUT2D eigenvalue weighted by Gasteiger charge is 2.25. The summed E-state index contributed by atoms with van der Waals surface area (Å²) in [5.74, 6) is 0. The lowest BCUT2D eigenvalue weighted by Crippen LogP contribution is -2.28. The Morgan fingerprint density at radius 3 is 2.89 bits per heavy atom. The Balaban J connectivity index is 2.24. The largest absolute Gasteiger partial charge is 0.397 e. The predicted molar refractivity (Wildman–Crippen MR) is 72.3 cm³/mol. The van der Waals surface area contributed by atoms with Gasteiger partial charge in [0.1, 0.15) is 0 Å². The molecule has 18 heavy (non-hydrogen) atoms. The lowest BCUT2D eigenvalue weighted by atomic mass is 9.98. The summed E-state index contributed by atoms with van der Waals surface area (Å²) in [6.45, 7) is 3.52. The van der Waals surface area contributed by atoms with Gasteiger partial charge in [-0.3, -0.25) is 0 Å². The van der Waals surface area contributed by atoms with Gasteiger partial charge in [-0.25, -0.2) is 0 Å². The van der Waals surface area contributed by atoms with Gasteiger partial charge in [0.2, 0.25) is 0 Å². The maximum Gasteiger partial charge on any atom is 0.0992 e. The number of hydrogen-bond acceptors (Lipinski definition) is 4. The summed E-state index contributed by atoms with van der Waals surface area (Å²) in [6.07, 6.45) is 2.47. The lowest BCUT2D eigenvalue weighted by Gasteiger charge is -2.25. The van der Waals surface area contributed by atoms with Gasteiger partial charge in [-0.15, -0.1) is 0 Å². The predicted octanol–water partition coefficient (Wildman–Crippen LogP) is 1.88. The zero-order valence-electron chi connectivity index (χ0n) is 10.7. The standard InChI is InChI=1S/C14H19N3O/c1-14(18)5-2-7-17(8-6-14)13-9-11(10-15)3-4-12(13)16/h3-4,9,18H,2,5-8,16H2,1H3. The van der Waals surface area contributed by atoms with E-state index in [1.165, 1.54) is 0 Å². The van der Waals surface area contributed by atoms with Gasteiger partial charge in [-0.1, -0.05) is 0 Å². The quantitative estimate of drug-likeness (QED) is 0.741. The molecule has 96 valence electrons. The van der Waals surface area contributed by atoms with Crippen LogP contribution in [0, 0.1) is 11.3 Å². The normalized spacial score (nSPS) is 24.4. The number of hydrogen-bond donors (Lipinski definition) is 2. The fourth-order valence-corrected chi connectivity index (χ4v) is 2.39. The third-order valence-electron chi connectivity index (χ3n) is 3.56. The van der Waals surface area contributed by atoms with E-state index in [9.17, 15) is 5.11 Å². The van der Waals surface area contributed by atoms with Crippen molar-refractivity contribution in [1.82, 2.24) is 0 Å². The van der Waals surface area contributed by atoms with Crippen molar-refractivity contribution in [3.05, 3.63) is 23.8 Å². The van der Waals surface area contributed by atoms with E-state index in [-0.39, 0.29) is 0 Å². The number of nitriles is 1. The Kier molecular flexibility index (Phi) is 3.44. The number of aliphatic hydroxyl groups is 1. The van der Waals surface area contributed by atoms with Gasteiger partial charge in [0.25, 0.3) is 0 Å². The van der Waals surface area contributed by atoms with Crippen molar-refractivity contribution in [2.45, 2.75) is 31.8 Å². The minimum Gasteiger partial charge on any atom is -0.397 e. The van der Waals surface area contributed by atoms with E-state index in [2.05, 4.69) is 11.0 Å². The number of nitrogen functional groups attached to an aromatic ring is 1. The lowest BCUT2D eigenvalue weighted by molar-refractivity contribution is 0.0481. The molecular formula is C14H19N3O. The average molecular weight is 245 g/mol. The average Bonchev–Trinajstić information content (AvgIpc) is 2.51. The Labute approximate surface area is 108 Å². The van der Waals surface area contributed by atoms with Crippen LogP contribution in [0.4, 0.5) is 11.4 Å². The van der Waals surface area contributed by atoms with Gasteiger partial charge in [0.05, 0.1) is 28.6 Å². The number of nitrogens with zero attached hydrogens (tertiary/aromatic N) is 2. The highest BCUT2D eigenvalue weighted by molar-refractivity contribution is 5.69. The maximum absolute atomic E-state index is 10.1. The van der Waals surface area contributed by atoms with Gasteiger partial charge < -0.3 is 15.7 Å². The van der Waals surface area contributed by atoms with Gasteiger partial charge >= 0.3 is 0 Å². The van der Waals surface area contributed by atoms with Crippen LogP contribution in [0.3, 0.4) is 0 Å². The Morgan fingerprint density at radius 2 is 2.17 bits per heavy atom. The molecule has 3 N–H and O–H groups in total. The molecule has 1 unspecified atom stereocenters. The minimum atomic E-state index is -0.587. The van der Waals surface area contributed by atoms with Crippen LogP contribution in [0.15, 0.2) is 18.2 Å². The summed E-state index contributed by atoms with van der Waals surface area (Å²) in [6, 6.07) is 7.47. The molecule has 1 aromatic carbocycles. The van der Waals surface area contributed by atoms with Crippen molar-refractivity contribution >= 4 is 11.4 Å². The van der Waals surface area contributed by atoms with Crippen molar-refractivity contribution in [2.24, 2.45) is 0 Å². The molecule has 0 radical (unpaired) electrons. The highest BCUT2D eigenvalue weighted by Crippen LogP contribution is 2.29. The highest BCUT2D eigenvalue weighted by atomic mass is 16.3. The first kappa shape index (κ1) is 12.7. The molecule has 0 saturated carbocycles. The SMILES string of the molecule is CC1(O)CCCN(c2cc(C#N)ccc2N)CC1. The van der Waals surface area contributed by atoms with Crippen LogP contribution in [-0.2, 0) is 0 Å². The minimum absolute atomic E-state index is 0.587. The molecule has 1 heterocycles. The van der Waals surface area contributed by atoms with Crippen molar-refractivity contribution in [3.8, 4) is 6.07 Å². The third kappa shape index (κ3) is 2.74. The molecule has 0 bridgehead atoms. The van der Waals surface area contributed by atoms with Crippen LogP contribution in [-0.4, -0.2) is 23.8 Å². The molecule has 1 aliphatic rings. The maximum atomic E-state index is 10.1. The van der Waals surface area contributed by atoms with E-state index < -0.39 is 5.60 Å². The second-order valence-corrected chi connectivity index (χ2v) is 5.22. The Bertz CT molecular complexity index is 476. The first-order chi connectivity index (χ1) is 8.52. The van der Waals surface area contributed by atoms with Crippen LogP contribution in [0.5, 0.6) is 0 Å². The molecular weight excluding hydrogens is 226 g/mol. The first-order valence-corrected chi connectivity index (χ1v) is 6.29. The topological polar surface area (TPSA) is 73.3 Å². The van der Waals surface area contributed by atoms with Crippen molar-refractivity contribution in [1.29, 1.82) is 5.26 Å². The van der Waals surface area contributed by atoms with Crippen LogP contribution < -0.4 is 10.6 Å². The van der Waals surface area contributed by atoms with Crippen LogP contribution >= 0.6 is 0 Å². The van der Waals surface area contributed by atoms with Crippen molar-refractivity contribution < 1.29 is 5.11 Å². The fourth-order valence-electron chi connectivity index (χ4n) is 2.39. The molecule has 1 atom stereocenters. The number of benzene rings is 1. The Morgan fingerprint density at radius 1 is 1.39 bits per heavy atom. The van der Waals surface area contributed by atoms with Gasteiger partial charge in [-0.05, 0) is 44.4 Å². The molecule has 4 heteroatoms. The fraction of sp³-hybridized carbons (Fsp3) is 0.500. The summed E-state index contributed by atoms with van der Waals surface area (Å²) in [5, 5.41) is 19.0. The van der Waals surface area contributed by atoms with Crippen LogP contribution in [0.1, 0.15) is 31.7 Å². The van der Waals surface area contributed by atoms with E-state index in [0.29, 0.717) is 11.3 Å². The second-order valence-electron chi connectivity index (χ2n) is 5.22. The summed E-state index contributed by atoms with van der Waals surface area (Å²) in [4.78, 5) is 2.16. The van der Waals surface area contributed by atoms with Crippen LogP contribution in [0.25, 0.3) is 0 Å². The zero-order chi connectivity index (χ0) is 13.2. The summed E-state index contributed by atoms with van der Waals surface area (Å²) < 4.78 is 0. The summed E-state index contributed by atoms with van der Waals surface area (Å²) in [7, 11) is 0. The monoisotopic (exact) mass is 245 g/mol. The van der Waals surface area contributed by atoms with Crippen molar-refractivity contribution in [2.75, 3.05) is 23.7 Å². The van der Waals surface area contributed by atoms with E-state index in [4.69, 9.17) is 11.0 Å². The summed E-state index contributed by atoms with van der Waals surface area (Å²) >= 11 is 0. The van der Waals surface area contributed by atoms with E-state index in [1.807, 2.05) is 13.0 Å². The van der Waals surface area contributed by atoms with Gasteiger partial charge in [-0.2, -0.15) is 5.26 Å². The van der Waals surface area contributed by atoms with Gasteiger partial charge in [0, 0.05) is 13.1 Å². The molecule has 1 saturated heterocycles. The molecule has 1 aliphatic heterocycles. The summed E-state index contributed by atoms with van der Waals surface area (Å²) in [5.41, 5.74) is 7.61. The molecule has 0 spiro atoms. The molecule has 0 amide bonds. The molecule has 2 rings (SSSR count). The van der Waals surface area contributed by atoms with E-state index in [0.717, 1.165) is 38.0 Å².